The SMILES string of the molecule is CCOc1ccc2[nH]c(=O)c(C(c3nnnn3C3CCCC3)N3c4ccccc4CC3C)cc2c1. The average Bonchev–Trinajstić information content (AvgIpc) is 3.60. The van der Waals surface area contributed by atoms with Crippen LogP contribution in [0.2, 0.25) is 0 Å². The van der Waals surface area contributed by atoms with Crippen molar-refractivity contribution in [3.63, 3.8) is 0 Å². The van der Waals surface area contributed by atoms with Crippen LogP contribution in [0.1, 0.15) is 68.6 Å². The van der Waals surface area contributed by atoms with Crippen molar-refractivity contribution < 1.29 is 4.74 Å². The van der Waals surface area contributed by atoms with Gasteiger partial charge in [0.05, 0.1) is 12.6 Å². The Balaban J connectivity index is 1.56. The zero-order valence-electron chi connectivity index (χ0n) is 20.1. The summed E-state index contributed by atoms with van der Waals surface area (Å²) in [5.74, 6) is 1.51. The standard InChI is InChI=1S/C27H30N6O2/c1-3-35-21-12-13-23-19(15-21)16-22(27(34)28-23)25(26-29-30-31-33(26)20-9-5-6-10-20)32-17(2)14-18-8-4-7-11-24(18)32/h4,7-8,11-13,15-17,20,25H,3,5-6,9-10,14H2,1-2H3,(H,28,34). The van der Waals surface area contributed by atoms with E-state index in [2.05, 4.69) is 56.6 Å². The normalized spacial score (nSPS) is 18.8. The fraction of sp³-hybridized carbons (Fsp3) is 0.407. The molecule has 4 aromatic rings. The smallest absolute Gasteiger partial charge is 0.254 e. The zero-order chi connectivity index (χ0) is 23.9. The number of rotatable bonds is 6. The Morgan fingerprint density at radius 1 is 1.14 bits per heavy atom. The van der Waals surface area contributed by atoms with E-state index in [9.17, 15) is 4.79 Å². The Hall–Kier alpha value is -3.68. The number of nitrogens with one attached hydrogen (secondary N) is 1. The summed E-state index contributed by atoms with van der Waals surface area (Å²) in [6.07, 6.45) is 5.38. The number of hydrogen-bond donors (Lipinski definition) is 1. The monoisotopic (exact) mass is 470 g/mol. The van der Waals surface area contributed by atoms with Gasteiger partial charge in [0.15, 0.2) is 5.82 Å². The van der Waals surface area contributed by atoms with E-state index in [4.69, 9.17) is 4.74 Å². The van der Waals surface area contributed by atoms with Crippen LogP contribution in [-0.4, -0.2) is 37.8 Å². The molecule has 1 aliphatic carbocycles. The topological polar surface area (TPSA) is 88.9 Å². The summed E-state index contributed by atoms with van der Waals surface area (Å²) in [6.45, 7) is 4.76. The van der Waals surface area contributed by atoms with Crippen molar-refractivity contribution in [3.05, 3.63) is 75.8 Å². The lowest BCUT2D eigenvalue weighted by Crippen LogP contribution is -2.39. The molecule has 8 heteroatoms. The van der Waals surface area contributed by atoms with Crippen molar-refractivity contribution in [3.8, 4) is 5.75 Å². The molecular formula is C27H30N6O2. The van der Waals surface area contributed by atoms with E-state index in [1.54, 1.807) is 0 Å². The molecule has 0 saturated heterocycles. The molecule has 0 spiro atoms. The van der Waals surface area contributed by atoms with E-state index in [0.29, 0.717) is 12.2 Å². The minimum absolute atomic E-state index is 0.121. The number of nitrogens with zero attached hydrogens (tertiary/aromatic N) is 5. The molecule has 0 bridgehead atoms. The summed E-state index contributed by atoms with van der Waals surface area (Å²) >= 11 is 0. The van der Waals surface area contributed by atoms with Crippen molar-refractivity contribution in [2.24, 2.45) is 0 Å². The van der Waals surface area contributed by atoms with E-state index >= 15 is 0 Å². The summed E-state index contributed by atoms with van der Waals surface area (Å²) in [6, 6.07) is 16.2. The third-order valence-corrected chi connectivity index (χ3v) is 7.42. The predicted molar refractivity (Wildman–Crippen MR) is 135 cm³/mol. The predicted octanol–water partition coefficient (Wildman–Crippen LogP) is 4.57. The number of tetrazole rings is 1. The Bertz CT molecular complexity index is 1420. The van der Waals surface area contributed by atoms with Crippen LogP contribution in [0.5, 0.6) is 5.75 Å². The molecule has 2 aliphatic rings. The maximum atomic E-state index is 13.6. The number of benzene rings is 2. The van der Waals surface area contributed by atoms with Crippen LogP contribution in [0, 0.1) is 0 Å². The van der Waals surface area contributed by atoms with Gasteiger partial charge in [-0.05, 0) is 79.4 Å². The van der Waals surface area contributed by atoms with Crippen LogP contribution >= 0.6 is 0 Å². The van der Waals surface area contributed by atoms with Crippen molar-refractivity contribution in [1.82, 2.24) is 25.2 Å². The molecule has 6 rings (SSSR count). The third-order valence-electron chi connectivity index (χ3n) is 7.42. The van der Waals surface area contributed by atoms with Crippen LogP contribution in [-0.2, 0) is 6.42 Å². The van der Waals surface area contributed by atoms with E-state index in [1.165, 1.54) is 18.4 Å². The van der Waals surface area contributed by atoms with Gasteiger partial charge >= 0.3 is 0 Å². The van der Waals surface area contributed by atoms with Crippen molar-refractivity contribution in [2.45, 2.75) is 64.1 Å². The molecule has 0 amide bonds. The van der Waals surface area contributed by atoms with Gasteiger partial charge in [-0.25, -0.2) is 4.68 Å². The number of hydrogen-bond acceptors (Lipinski definition) is 6. The molecular weight excluding hydrogens is 440 g/mol. The van der Waals surface area contributed by atoms with Crippen LogP contribution in [0.25, 0.3) is 10.9 Å². The largest absolute Gasteiger partial charge is 0.494 e. The van der Waals surface area contributed by atoms with Crippen LogP contribution in [0.3, 0.4) is 0 Å². The highest BCUT2D eigenvalue weighted by Gasteiger charge is 2.39. The van der Waals surface area contributed by atoms with Crippen molar-refractivity contribution in [2.75, 3.05) is 11.5 Å². The minimum Gasteiger partial charge on any atom is -0.494 e. The minimum atomic E-state index is -0.409. The number of aromatic amines is 1. The fourth-order valence-electron chi connectivity index (χ4n) is 5.85. The van der Waals surface area contributed by atoms with Gasteiger partial charge in [-0.2, -0.15) is 0 Å². The van der Waals surface area contributed by atoms with E-state index in [-0.39, 0.29) is 17.6 Å². The molecule has 2 unspecified atom stereocenters. The highest BCUT2D eigenvalue weighted by atomic mass is 16.5. The van der Waals surface area contributed by atoms with Gasteiger partial charge in [-0.15, -0.1) is 5.10 Å². The number of fused-ring (bicyclic) bond motifs is 2. The Kier molecular flexibility index (Phi) is 5.51. The third kappa shape index (κ3) is 3.77. The van der Waals surface area contributed by atoms with Crippen molar-refractivity contribution in [1.29, 1.82) is 0 Å². The number of aromatic nitrogens is 5. The van der Waals surface area contributed by atoms with Gasteiger partial charge in [0, 0.05) is 28.2 Å². The lowest BCUT2D eigenvalue weighted by atomic mass is 10.0. The lowest BCUT2D eigenvalue weighted by molar-refractivity contribution is 0.340. The molecule has 3 heterocycles. The van der Waals surface area contributed by atoms with Gasteiger partial charge in [-0.3, -0.25) is 4.79 Å². The lowest BCUT2D eigenvalue weighted by Gasteiger charge is -2.34. The average molecular weight is 471 g/mol. The quantitative estimate of drug-likeness (QED) is 0.444. The summed E-state index contributed by atoms with van der Waals surface area (Å²) in [4.78, 5) is 19.0. The van der Waals surface area contributed by atoms with Gasteiger partial charge in [-0.1, -0.05) is 31.0 Å². The zero-order valence-corrected chi connectivity index (χ0v) is 20.1. The van der Waals surface area contributed by atoms with Gasteiger partial charge in [0.2, 0.25) is 0 Å². The molecule has 1 saturated carbocycles. The van der Waals surface area contributed by atoms with Crippen LogP contribution in [0.15, 0.2) is 53.3 Å². The van der Waals surface area contributed by atoms with Crippen LogP contribution in [0.4, 0.5) is 5.69 Å². The van der Waals surface area contributed by atoms with E-state index in [0.717, 1.165) is 47.4 Å². The molecule has 2 atom stereocenters. The first-order valence-electron chi connectivity index (χ1n) is 12.6. The highest BCUT2D eigenvalue weighted by Crippen LogP contribution is 2.42. The maximum Gasteiger partial charge on any atom is 0.254 e. The number of para-hydroxylation sites is 1. The summed E-state index contributed by atoms with van der Waals surface area (Å²) in [5, 5.41) is 14.0. The molecule has 35 heavy (non-hydrogen) atoms. The number of H-pyrrole nitrogens is 1. The second kappa shape index (κ2) is 8.83. The fourth-order valence-corrected chi connectivity index (χ4v) is 5.85. The highest BCUT2D eigenvalue weighted by molar-refractivity contribution is 5.81. The summed E-state index contributed by atoms with van der Waals surface area (Å²) in [5.41, 5.74) is 3.72. The molecule has 2 aromatic heterocycles. The Morgan fingerprint density at radius 2 is 1.97 bits per heavy atom. The number of anilines is 1. The van der Waals surface area contributed by atoms with E-state index in [1.807, 2.05) is 35.9 Å². The summed E-state index contributed by atoms with van der Waals surface area (Å²) in [7, 11) is 0. The van der Waals surface area contributed by atoms with Gasteiger partial charge < -0.3 is 14.6 Å². The Labute approximate surface area is 203 Å². The van der Waals surface area contributed by atoms with E-state index < -0.39 is 6.04 Å². The molecule has 1 N–H and O–H groups in total. The molecule has 8 nitrogen and oxygen atoms in total. The maximum absolute atomic E-state index is 13.6. The number of ether oxygens (including phenoxy) is 1. The van der Waals surface area contributed by atoms with Crippen molar-refractivity contribution >= 4 is 16.6 Å². The Morgan fingerprint density at radius 3 is 2.80 bits per heavy atom. The molecule has 180 valence electrons. The second-order valence-electron chi connectivity index (χ2n) is 9.65. The van der Waals surface area contributed by atoms with Gasteiger partial charge in [0.25, 0.3) is 5.56 Å². The first kappa shape index (κ1) is 21.8. The molecule has 1 aliphatic heterocycles. The second-order valence-corrected chi connectivity index (χ2v) is 9.65. The molecule has 0 radical (unpaired) electrons. The van der Waals surface area contributed by atoms with Crippen LogP contribution < -0.4 is 15.2 Å². The number of pyridine rings is 1. The first-order valence-corrected chi connectivity index (χ1v) is 12.6. The summed E-state index contributed by atoms with van der Waals surface area (Å²) < 4.78 is 7.71. The molecule has 2 aromatic carbocycles. The molecule has 1 fully saturated rings. The first-order chi connectivity index (χ1) is 17.1. The van der Waals surface area contributed by atoms with Gasteiger partial charge in [0.1, 0.15) is 11.8 Å².